The second kappa shape index (κ2) is 9.35. The van der Waals surface area contributed by atoms with Gasteiger partial charge in [0.25, 0.3) is 5.91 Å². The maximum absolute atomic E-state index is 12.8. The highest BCUT2D eigenvalue weighted by molar-refractivity contribution is 6.07. The molecule has 0 saturated carbocycles. The predicted molar refractivity (Wildman–Crippen MR) is 126 cm³/mol. The molecule has 3 aromatic rings. The van der Waals surface area contributed by atoms with Gasteiger partial charge in [0.2, 0.25) is 0 Å². The van der Waals surface area contributed by atoms with Crippen LogP contribution in [0.1, 0.15) is 29.8 Å². The lowest BCUT2D eigenvalue weighted by Crippen LogP contribution is -2.46. The largest absolute Gasteiger partial charge is 0.493 e. The third-order valence-corrected chi connectivity index (χ3v) is 5.83. The molecule has 0 unspecified atom stereocenters. The lowest BCUT2D eigenvalue weighted by atomic mass is 10.1. The van der Waals surface area contributed by atoms with E-state index < -0.39 is 0 Å². The number of nitrogens with zero attached hydrogens (tertiary/aromatic N) is 3. The Morgan fingerprint density at radius 2 is 1.84 bits per heavy atom. The van der Waals surface area contributed by atoms with Gasteiger partial charge in [-0.3, -0.25) is 4.79 Å². The number of fused-ring (bicyclic) bond motifs is 1. The molecule has 0 atom stereocenters. The zero-order valence-corrected chi connectivity index (χ0v) is 18.5. The lowest BCUT2D eigenvalue weighted by Gasteiger charge is -2.35. The molecule has 1 aromatic heterocycles. The van der Waals surface area contributed by atoms with E-state index in [1.807, 2.05) is 43.3 Å². The van der Waals surface area contributed by atoms with Gasteiger partial charge in [0.05, 0.1) is 17.7 Å². The molecule has 2 aromatic carbocycles. The van der Waals surface area contributed by atoms with Crippen molar-refractivity contribution in [3.8, 4) is 5.75 Å². The highest BCUT2D eigenvalue weighted by atomic mass is 16.5. The van der Waals surface area contributed by atoms with Crippen molar-refractivity contribution < 1.29 is 9.53 Å². The van der Waals surface area contributed by atoms with Gasteiger partial charge in [-0.1, -0.05) is 19.1 Å². The maximum atomic E-state index is 12.8. The van der Waals surface area contributed by atoms with Gasteiger partial charge in [-0.2, -0.15) is 0 Å². The molecule has 1 aliphatic rings. The summed E-state index contributed by atoms with van der Waals surface area (Å²) in [6, 6.07) is 15.3. The maximum Gasteiger partial charge on any atom is 0.259 e. The third kappa shape index (κ3) is 4.64. The van der Waals surface area contributed by atoms with E-state index in [1.54, 1.807) is 6.07 Å². The van der Waals surface area contributed by atoms with Crippen LogP contribution in [0.5, 0.6) is 5.75 Å². The van der Waals surface area contributed by atoms with Crippen LogP contribution in [0.15, 0.2) is 48.5 Å². The molecule has 1 fully saturated rings. The highest BCUT2D eigenvalue weighted by Crippen LogP contribution is 2.27. The normalized spacial score (nSPS) is 14.6. The monoisotopic (exact) mass is 418 g/mol. The molecule has 0 radical (unpaired) electrons. The minimum atomic E-state index is -0.181. The first-order valence-corrected chi connectivity index (χ1v) is 11.0. The molecule has 31 heavy (non-hydrogen) atoms. The molecule has 6 nitrogen and oxygen atoms in total. The first-order chi connectivity index (χ1) is 15.1. The fourth-order valence-electron chi connectivity index (χ4n) is 4.04. The first kappa shape index (κ1) is 21.1. The van der Waals surface area contributed by atoms with Crippen molar-refractivity contribution in [3.63, 3.8) is 0 Å². The van der Waals surface area contributed by atoms with Crippen molar-refractivity contribution in [1.82, 2.24) is 9.88 Å². The molecule has 1 saturated heterocycles. The summed E-state index contributed by atoms with van der Waals surface area (Å²) in [5.74, 6) is 1.44. The molecule has 1 N–H and O–H groups in total. The number of benzene rings is 2. The van der Waals surface area contributed by atoms with Gasteiger partial charge in [-0.15, -0.1) is 0 Å². The van der Waals surface area contributed by atoms with Crippen LogP contribution in [-0.4, -0.2) is 55.1 Å². The van der Waals surface area contributed by atoms with Crippen LogP contribution >= 0.6 is 0 Å². The van der Waals surface area contributed by atoms with Gasteiger partial charge in [-0.25, -0.2) is 4.98 Å². The zero-order valence-electron chi connectivity index (χ0n) is 18.5. The van der Waals surface area contributed by atoms with E-state index in [0.717, 1.165) is 60.7 Å². The van der Waals surface area contributed by atoms with Gasteiger partial charge in [0, 0.05) is 37.3 Å². The second-order valence-corrected chi connectivity index (χ2v) is 7.83. The van der Waals surface area contributed by atoms with Crippen molar-refractivity contribution in [2.24, 2.45) is 0 Å². The van der Waals surface area contributed by atoms with Crippen LogP contribution in [0.3, 0.4) is 0 Å². The van der Waals surface area contributed by atoms with Gasteiger partial charge >= 0.3 is 0 Å². The SMILES string of the molecule is CCOc1ccccc1C(=O)Nc1ccc2nc(N3CCN(CC)CC3)cc(C)c2c1. The Hall–Kier alpha value is -3.12. The van der Waals surface area contributed by atoms with E-state index in [0.29, 0.717) is 17.9 Å². The lowest BCUT2D eigenvalue weighted by molar-refractivity contribution is 0.102. The average molecular weight is 419 g/mol. The Bertz CT molecular complexity index is 1070. The molecule has 2 heterocycles. The summed E-state index contributed by atoms with van der Waals surface area (Å²) < 4.78 is 5.59. The molecule has 0 spiro atoms. The Balaban J connectivity index is 1.55. The summed E-state index contributed by atoms with van der Waals surface area (Å²) in [6.45, 7) is 12.0. The minimum Gasteiger partial charge on any atom is -0.493 e. The van der Waals surface area contributed by atoms with E-state index in [-0.39, 0.29) is 5.91 Å². The number of rotatable bonds is 6. The number of carbonyl (C=O) groups excluding carboxylic acids is 1. The van der Waals surface area contributed by atoms with Crippen LogP contribution in [0, 0.1) is 6.92 Å². The van der Waals surface area contributed by atoms with E-state index >= 15 is 0 Å². The molecular weight excluding hydrogens is 388 g/mol. The van der Waals surface area contributed by atoms with Crippen LogP contribution < -0.4 is 15.0 Å². The van der Waals surface area contributed by atoms with Crippen LogP contribution in [-0.2, 0) is 0 Å². The number of para-hydroxylation sites is 1. The Morgan fingerprint density at radius 3 is 2.58 bits per heavy atom. The van der Waals surface area contributed by atoms with Crippen LogP contribution in [0.2, 0.25) is 0 Å². The summed E-state index contributed by atoms with van der Waals surface area (Å²) in [6.07, 6.45) is 0. The van der Waals surface area contributed by atoms with Crippen molar-refractivity contribution in [3.05, 3.63) is 59.7 Å². The summed E-state index contributed by atoms with van der Waals surface area (Å²) >= 11 is 0. The second-order valence-electron chi connectivity index (χ2n) is 7.83. The number of piperazine rings is 1. The molecule has 162 valence electrons. The van der Waals surface area contributed by atoms with Crippen LogP contribution in [0.25, 0.3) is 10.9 Å². The number of aromatic nitrogens is 1. The first-order valence-electron chi connectivity index (χ1n) is 11.0. The smallest absolute Gasteiger partial charge is 0.259 e. The molecule has 0 aliphatic carbocycles. The van der Waals surface area contributed by atoms with Crippen molar-refractivity contribution in [2.75, 3.05) is 49.5 Å². The van der Waals surface area contributed by atoms with Crippen molar-refractivity contribution >= 4 is 28.3 Å². The molecule has 0 bridgehead atoms. The Kier molecular flexibility index (Phi) is 6.37. The fourth-order valence-corrected chi connectivity index (χ4v) is 4.04. The van der Waals surface area contributed by atoms with Gasteiger partial charge in [0.1, 0.15) is 11.6 Å². The number of hydrogen-bond acceptors (Lipinski definition) is 5. The average Bonchev–Trinajstić information content (AvgIpc) is 2.80. The summed E-state index contributed by atoms with van der Waals surface area (Å²) in [5, 5.41) is 4.05. The Labute approximate surface area is 183 Å². The Morgan fingerprint density at radius 1 is 1.06 bits per heavy atom. The van der Waals surface area contributed by atoms with Crippen molar-refractivity contribution in [1.29, 1.82) is 0 Å². The zero-order chi connectivity index (χ0) is 21.8. The number of nitrogens with one attached hydrogen (secondary N) is 1. The minimum absolute atomic E-state index is 0.181. The summed E-state index contributed by atoms with van der Waals surface area (Å²) in [7, 11) is 0. The van der Waals surface area contributed by atoms with E-state index in [4.69, 9.17) is 9.72 Å². The number of ether oxygens (including phenoxy) is 1. The molecule has 4 rings (SSSR count). The number of amides is 1. The molecule has 1 amide bonds. The molecule has 6 heteroatoms. The number of anilines is 2. The summed E-state index contributed by atoms with van der Waals surface area (Å²) in [4.78, 5) is 22.5. The van der Waals surface area contributed by atoms with E-state index in [9.17, 15) is 4.79 Å². The quantitative estimate of drug-likeness (QED) is 0.645. The number of likely N-dealkylation sites (N-methyl/N-ethyl adjacent to an activating group) is 1. The highest BCUT2D eigenvalue weighted by Gasteiger charge is 2.18. The topological polar surface area (TPSA) is 57.7 Å². The fraction of sp³-hybridized carbons (Fsp3) is 0.360. The van der Waals surface area contributed by atoms with Gasteiger partial charge in [0.15, 0.2) is 0 Å². The van der Waals surface area contributed by atoms with Crippen molar-refractivity contribution in [2.45, 2.75) is 20.8 Å². The van der Waals surface area contributed by atoms with E-state index in [2.05, 4.69) is 35.0 Å². The molecule has 1 aliphatic heterocycles. The third-order valence-electron chi connectivity index (χ3n) is 5.83. The standard InChI is InChI=1S/C25H30N4O2/c1-4-28-12-14-29(15-13-28)24-16-18(3)21-17-19(10-11-22(21)27-24)26-25(30)20-8-6-7-9-23(20)31-5-2/h6-11,16-17H,4-5,12-15H2,1-3H3,(H,26,30). The van der Waals surface area contributed by atoms with E-state index in [1.165, 1.54) is 0 Å². The number of hydrogen-bond donors (Lipinski definition) is 1. The van der Waals surface area contributed by atoms with Crippen LogP contribution in [0.4, 0.5) is 11.5 Å². The molecular formula is C25H30N4O2. The van der Waals surface area contributed by atoms with Gasteiger partial charge < -0.3 is 19.9 Å². The number of pyridine rings is 1. The number of carbonyl (C=O) groups is 1. The van der Waals surface area contributed by atoms with Gasteiger partial charge in [-0.05, 0) is 62.4 Å². The predicted octanol–water partition coefficient (Wildman–Crippen LogP) is 4.34. The number of aryl methyl sites for hydroxylation is 1. The summed E-state index contributed by atoms with van der Waals surface area (Å²) in [5.41, 5.74) is 3.38.